The molecule has 2 atom stereocenters. The van der Waals surface area contributed by atoms with Crippen LogP contribution in [0.4, 0.5) is 0 Å². The second kappa shape index (κ2) is 5.22. The summed E-state index contributed by atoms with van der Waals surface area (Å²) in [4.78, 5) is 24.8. The molecule has 1 saturated carbocycles. The average molecular weight is 311 g/mol. The second-order valence-electron chi connectivity index (χ2n) is 6.37. The Labute approximate surface area is 133 Å². The number of hydrogen-bond donors (Lipinski definition) is 1. The molecule has 2 aliphatic rings. The molecule has 2 heterocycles. The average Bonchev–Trinajstić information content (AvgIpc) is 3.02. The van der Waals surface area contributed by atoms with E-state index < -0.39 is 5.97 Å². The zero-order valence-corrected chi connectivity index (χ0v) is 12.6. The first-order valence-electron chi connectivity index (χ1n) is 7.72. The molecule has 6 nitrogen and oxygen atoms in total. The van der Waals surface area contributed by atoms with E-state index in [-0.39, 0.29) is 5.56 Å². The molecule has 1 aromatic heterocycles. The van der Waals surface area contributed by atoms with Crippen molar-refractivity contribution in [2.24, 2.45) is 11.8 Å². The first-order valence-corrected chi connectivity index (χ1v) is 7.72. The number of carbonyl (C=O) groups is 2. The van der Waals surface area contributed by atoms with Gasteiger partial charge in [-0.1, -0.05) is 24.3 Å². The van der Waals surface area contributed by atoms with Gasteiger partial charge in [0.1, 0.15) is 0 Å². The standard InChI is InChI=1S/C17H17N3O3/c21-16-15-5-13(15)9-19(16)7-11-1-3-12(4-2-11)8-20-10-14(6-18-20)17(22)23/h1-4,6,10,13,15H,5,7-9H2,(H,22,23)/t13-,15?/m1/s1. The zero-order chi connectivity index (χ0) is 16.0. The Balaban J connectivity index is 1.39. The van der Waals surface area contributed by atoms with E-state index in [1.165, 1.54) is 12.4 Å². The fourth-order valence-corrected chi connectivity index (χ4v) is 3.22. The highest BCUT2D eigenvalue weighted by Gasteiger charge is 2.51. The van der Waals surface area contributed by atoms with Gasteiger partial charge in [-0.2, -0.15) is 5.10 Å². The van der Waals surface area contributed by atoms with Crippen LogP contribution in [-0.2, 0) is 17.9 Å². The van der Waals surface area contributed by atoms with Gasteiger partial charge in [-0.15, -0.1) is 0 Å². The van der Waals surface area contributed by atoms with Crippen molar-refractivity contribution >= 4 is 11.9 Å². The van der Waals surface area contributed by atoms with Crippen LogP contribution in [-0.4, -0.2) is 38.2 Å². The lowest BCUT2D eigenvalue weighted by atomic mass is 10.1. The first-order chi connectivity index (χ1) is 11.1. The summed E-state index contributed by atoms with van der Waals surface area (Å²) in [5.41, 5.74) is 2.35. The van der Waals surface area contributed by atoms with Crippen LogP contribution in [0.2, 0.25) is 0 Å². The Kier molecular flexibility index (Phi) is 3.18. The smallest absolute Gasteiger partial charge is 0.338 e. The highest BCUT2D eigenvalue weighted by Crippen LogP contribution is 2.46. The lowest BCUT2D eigenvalue weighted by Gasteiger charge is -2.18. The summed E-state index contributed by atoms with van der Waals surface area (Å²) in [6, 6.07) is 8.04. The van der Waals surface area contributed by atoms with Gasteiger partial charge in [0.05, 0.1) is 18.3 Å². The summed E-state index contributed by atoms with van der Waals surface area (Å²) in [5.74, 6) is 0.235. The molecule has 1 amide bonds. The van der Waals surface area contributed by atoms with Crippen LogP contribution in [0.1, 0.15) is 27.9 Å². The quantitative estimate of drug-likeness (QED) is 0.910. The van der Waals surface area contributed by atoms with Crippen LogP contribution >= 0.6 is 0 Å². The minimum atomic E-state index is -0.972. The number of likely N-dealkylation sites (tertiary alicyclic amines) is 1. The molecule has 4 rings (SSSR count). The maximum absolute atomic E-state index is 12.0. The summed E-state index contributed by atoms with van der Waals surface area (Å²) in [6.45, 7) is 2.11. The molecule has 6 heteroatoms. The van der Waals surface area contributed by atoms with Crippen molar-refractivity contribution in [1.82, 2.24) is 14.7 Å². The summed E-state index contributed by atoms with van der Waals surface area (Å²) in [6.07, 6.45) is 3.95. The number of fused-ring (bicyclic) bond motifs is 1. The molecule has 118 valence electrons. The number of hydrogen-bond acceptors (Lipinski definition) is 3. The van der Waals surface area contributed by atoms with Crippen molar-refractivity contribution in [2.45, 2.75) is 19.5 Å². The maximum Gasteiger partial charge on any atom is 0.338 e. The molecule has 1 aliphatic heterocycles. The van der Waals surface area contributed by atoms with Gasteiger partial charge in [0.15, 0.2) is 0 Å². The predicted molar refractivity (Wildman–Crippen MR) is 81.7 cm³/mol. The summed E-state index contributed by atoms with van der Waals surface area (Å²) in [7, 11) is 0. The molecule has 1 aromatic carbocycles. The Morgan fingerprint density at radius 2 is 1.91 bits per heavy atom. The van der Waals surface area contributed by atoms with Crippen LogP contribution < -0.4 is 0 Å². The third kappa shape index (κ3) is 2.72. The Hall–Kier alpha value is -2.63. The van der Waals surface area contributed by atoms with E-state index in [0.29, 0.717) is 30.8 Å². The number of aromatic nitrogens is 2. The van der Waals surface area contributed by atoms with Crippen molar-refractivity contribution in [3.63, 3.8) is 0 Å². The minimum absolute atomic E-state index is 0.188. The van der Waals surface area contributed by atoms with Gasteiger partial charge in [-0.05, 0) is 23.5 Å². The largest absolute Gasteiger partial charge is 0.478 e. The lowest BCUT2D eigenvalue weighted by molar-refractivity contribution is -0.130. The van der Waals surface area contributed by atoms with Gasteiger partial charge in [-0.3, -0.25) is 9.48 Å². The summed E-state index contributed by atoms with van der Waals surface area (Å²) >= 11 is 0. The number of piperidine rings is 1. The fraction of sp³-hybridized carbons (Fsp3) is 0.353. The summed E-state index contributed by atoms with van der Waals surface area (Å²) < 4.78 is 1.61. The monoisotopic (exact) mass is 311 g/mol. The van der Waals surface area contributed by atoms with Crippen LogP contribution in [0.25, 0.3) is 0 Å². The number of amides is 1. The van der Waals surface area contributed by atoms with E-state index in [1.54, 1.807) is 4.68 Å². The second-order valence-corrected chi connectivity index (χ2v) is 6.37. The van der Waals surface area contributed by atoms with Crippen LogP contribution in [0.15, 0.2) is 36.7 Å². The van der Waals surface area contributed by atoms with E-state index in [4.69, 9.17) is 5.11 Å². The van der Waals surface area contributed by atoms with E-state index >= 15 is 0 Å². The molecule has 23 heavy (non-hydrogen) atoms. The lowest BCUT2D eigenvalue weighted by Crippen LogP contribution is -2.27. The highest BCUT2D eigenvalue weighted by atomic mass is 16.4. The van der Waals surface area contributed by atoms with Gasteiger partial charge >= 0.3 is 5.97 Å². The molecule has 1 N–H and O–H groups in total. The topological polar surface area (TPSA) is 75.4 Å². The van der Waals surface area contributed by atoms with E-state index in [2.05, 4.69) is 5.10 Å². The third-order valence-electron chi connectivity index (χ3n) is 4.63. The van der Waals surface area contributed by atoms with Crippen molar-refractivity contribution in [1.29, 1.82) is 0 Å². The van der Waals surface area contributed by atoms with Gasteiger partial charge in [-0.25, -0.2) is 4.79 Å². The van der Waals surface area contributed by atoms with Crippen LogP contribution in [0.5, 0.6) is 0 Å². The van der Waals surface area contributed by atoms with Crippen molar-refractivity contribution in [3.05, 3.63) is 53.3 Å². The molecule has 0 radical (unpaired) electrons. The SMILES string of the molecule is O=C(O)c1cnn(Cc2ccc(CN3C[C@H]4CC4C3=O)cc2)c1. The number of benzene rings is 1. The molecule has 1 saturated heterocycles. The third-order valence-corrected chi connectivity index (χ3v) is 4.63. The number of nitrogens with zero attached hydrogens (tertiary/aromatic N) is 3. The summed E-state index contributed by atoms with van der Waals surface area (Å²) in [5, 5.41) is 12.9. The fourth-order valence-electron chi connectivity index (χ4n) is 3.22. The van der Waals surface area contributed by atoms with E-state index in [9.17, 15) is 9.59 Å². The molecular formula is C17H17N3O3. The molecule has 2 fully saturated rings. The van der Waals surface area contributed by atoms with Crippen molar-refractivity contribution < 1.29 is 14.7 Å². The maximum atomic E-state index is 12.0. The molecule has 0 spiro atoms. The van der Waals surface area contributed by atoms with Crippen molar-refractivity contribution in [2.75, 3.05) is 6.54 Å². The number of aromatic carboxylic acids is 1. The predicted octanol–water partition coefficient (Wildman–Crippen LogP) is 1.61. The first kappa shape index (κ1) is 14.0. The molecule has 1 aliphatic carbocycles. The molecular weight excluding hydrogens is 294 g/mol. The molecule has 0 bridgehead atoms. The minimum Gasteiger partial charge on any atom is -0.478 e. The normalized spacial score (nSPS) is 22.3. The van der Waals surface area contributed by atoms with Gasteiger partial charge < -0.3 is 10.0 Å². The van der Waals surface area contributed by atoms with Gasteiger partial charge in [0, 0.05) is 25.2 Å². The number of carboxylic acids is 1. The zero-order valence-electron chi connectivity index (χ0n) is 12.6. The van der Waals surface area contributed by atoms with E-state index in [1.807, 2.05) is 29.2 Å². The van der Waals surface area contributed by atoms with Crippen LogP contribution in [0, 0.1) is 11.8 Å². The Bertz CT molecular complexity index is 766. The highest BCUT2D eigenvalue weighted by molar-refractivity contribution is 5.86. The number of rotatable bonds is 5. The van der Waals surface area contributed by atoms with Gasteiger partial charge in [0.2, 0.25) is 5.91 Å². The molecule has 1 unspecified atom stereocenters. The number of carboxylic acid groups (broad SMARTS) is 1. The van der Waals surface area contributed by atoms with Crippen LogP contribution in [0.3, 0.4) is 0 Å². The van der Waals surface area contributed by atoms with E-state index in [0.717, 1.165) is 24.1 Å². The Morgan fingerprint density at radius 3 is 2.48 bits per heavy atom. The van der Waals surface area contributed by atoms with Gasteiger partial charge in [0.25, 0.3) is 0 Å². The van der Waals surface area contributed by atoms with Crippen molar-refractivity contribution in [3.8, 4) is 0 Å². The number of carbonyl (C=O) groups excluding carboxylic acids is 1. The Morgan fingerprint density at radius 1 is 1.22 bits per heavy atom. The molecule has 2 aromatic rings.